The van der Waals surface area contributed by atoms with Crippen LogP contribution in [-0.2, 0) is 10.0 Å². The lowest BCUT2D eigenvalue weighted by Gasteiger charge is -2.16. The van der Waals surface area contributed by atoms with Gasteiger partial charge in [-0.3, -0.25) is 0 Å². The minimum absolute atomic E-state index is 0.326. The molecule has 0 amide bonds. The van der Waals surface area contributed by atoms with Crippen molar-refractivity contribution in [2.24, 2.45) is 0 Å². The van der Waals surface area contributed by atoms with E-state index < -0.39 is 10.0 Å². The molecule has 0 saturated carbocycles. The Morgan fingerprint density at radius 3 is 2.39 bits per heavy atom. The second-order valence-electron chi connectivity index (χ2n) is 7.09. The monoisotopic (exact) mass is 420 g/mol. The van der Waals surface area contributed by atoms with E-state index in [9.17, 15) is 8.42 Å². The molecule has 2 rings (SSSR count). The lowest BCUT2D eigenvalue weighted by Crippen LogP contribution is -2.22. The Kier molecular flexibility index (Phi) is 8.10. The van der Waals surface area contributed by atoms with Gasteiger partial charge in [0.1, 0.15) is 0 Å². The van der Waals surface area contributed by atoms with Gasteiger partial charge in [-0.15, -0.1) is 11.6 Å². The summed E-state index contributed by atoms with van der Waals surface area (Å²) in [5, 5.41) is 5.07. The lowest BCUT2D eigenvalue weighted by molar-refractivity contribution is 0.521. The Hall–Kier alpha value is -1.82. The van der Waals surface area contributed by atoms with E-state index in [0.29, 0.717) is 17.3 Å². The summed E-state index contributed by atoms with van der Waals surface area (Å²) < 4.78 is 26.5. The fourth-order valence-corrected chi connectivity index (χ4v) is 4.31. The van der Waals surface area contributed by atoms with Crippen molar-refractivity contribution in [2.45, 2.75) is 31.6 Å². The number of nitrogens with zero attached hydrogens (tertiary/aromatic N) is 1. The number of nitrogens with one attached hydrogen (secondary N) is 1. The van der Waals surface area contributed by atoms with Crippen LogP contribution in [0.3, 0.4) is 0 Å². The number of sulfonamides is 1. The molecule has 6 heteroatoms. The number of benzene rings is 2. The molecule has 152 valence electrons. The zero-order valence-corrected chi connectivity index (χ0v) is 18.6. The molecule has 0 spiro atoms. The SMILES string of the molecule is C/C(=C\CCl)CC/C=C(\C)CNc1cccc2c(S(=O)(=O)N(C)C)cccc12. The summed E-state index contributed by atoms with van der Waals surface area (Å²) in [5.41, 5.74) is 3.47. The summed E-state index contributed by atoms with van der Waals surface area (Å²) in [4.78, 5) is 0.326. The minimum atomic E-state index is -3.50. The third-order valence-electron chi connectivity index (χ3n) is 4.66. The van der Waals surface area contributed by atoms with Crippen LogP contribution in [0.4, 0.5) is 5.69 Å². The second-order valence-corrected chi connectivity index (χ2v) is 9.52. The zero-order valence-electron chi connectivity index (χ0n) is 17.0. The number of hydrogen-bond donors (Lipinski definition) is 1. The summed E-state index contributed by atoms with van der Waals surface area (Å²) in [7, 11) is -0.397. The van der Waals surface area contributed by atoms with Crippen molar-refractivity contribution in [3.05, 3.63) is 59.7 Å². The highest BCUT2D eigenvalue weighted by atomic mass is 35.5. The summed E-state index contributed by atoms with van der Waals surface area (Å²) in [6.45, 7) is 4.90. The molecule has 0 saturated heterocycles. The van der Waals surface area contributed by atoms with Gasteiger partial charge in [-0.1, -0.05) is 47.6 Å². The Balaban J connectivity index is 2.19. The van der Waals surface area contributed by atoms with Crippen LogP contribution in [0.25, 0.3) is 10.8 Å². The van der Waals surface area contributed by atoms with E-state index >= 15 is 0 Å². The third kappa shape index (κ3) is 5.60. The van der Waals surface area contributed by atoms with Crippen molar-refractivity contribution in [1.29, 1.82) is 0 Å². The maximum Gasteiger partial charge on any atom is 0.243 e. The van der Waals surface area contributed by atoms with Crippen molar-refractivity contribution >= 4 is 38.1 Å². The highest BCUT2D eigenvalue weighted by Gasteiger charge is 2.20. The number of fused-ring (bicyclic) bond motifs is 1. The lowest BCUT2D eigenvalue weighted by atomic mass is 10.1. The first kappa shape index (κ1) is 22.5. The predicted molar refractivity (Wildman–Crippen MR) is 121 cm³/mol. The van der Waals surface area contributed by atoms with Crippen molar-refractivity contribution in [1.82, 2.24) is 4.31 Å². The van der Waals surface area contributed by atoms with Crippen molar-refractivity contribution in [3.8, 4) is 0 Å². The quantitative estimate of drug-likeness (QED) is 0.435. The molecule has 0 fully saturated rings. The van der Waals surface area contributed by atoms with E-state index in [1.807, 2.05) is 30.3 Å². The average Bonchev–Trinajstić information content (AvgIpc) is 2.65. The van der Waals surface area contributed by atoms with Crippen molar-refractivity contribution < 1.29 is 8.42 Å². The van der Waals surface area contributed by atoms with E-state index in [4.69, 9.17) is 11.6 Å². The fraction of sp³-hybridized carbons (Fsp3) is 0.364. The smallest absolute Gasteiger partial charge is 0.243 e. The third-order valence-corrected chi connectivity index (χ3v) is 6.68. The van der Waals surface area contributed by atoms with Crippen LogP contribution in [0.5, 0.6) is 0 Å². The van der Waals surface area contributed by atoms with E-state index in [2.05, 4.69) is 25.2 Å². The molecule has 0 atom stereocenters. The largest absolute Gasteiger partial charge is 0.381 e. The van der Waals surface area contributed by atoms with E-state index in [1.165, 1.54) is 15.5 Å². The van der Waals surface area contributed by atoms with Gasteiger partial charge in [-0.2, -0.15) is 0 Å². The van der Waals surface area contributed by atoms with Gasteiger partial charge in [-0.25, -0.2) is 12.7 Å². The molecule has 0 aromatic heterocycles. The van der Waals surface area contributed by atoms with Gasteiger partial charge in [0.05, 0.1) is 4.90 Å². The number of hydrogen-bond acceptors (Lipinski definition) is 3. The molecular weight excluding hydrogens is 392 g/mol. The molecule has 0 unspecified atom stereocenters. The average molecular weight is 421 g/mol. The highest BCUT2D eigenvalue weighted by Crippen LogP contribution is 2.30. The minimum Gasteiger partial charge on any atom is -0.381 e. The van der Waals surface area contributed by atoms with E-state index in [0.717, 1.165) is 29.3 Å². The molecule has 2 aromatic carbocycles. The second kappa shape index (κ2) is 10.1. The molecule has 0 aliphatic rings. The maximum absolute atomic E-state index is 12.6. The zero-order chi connectivity index (χ0) is 20.7. The van der Waals surface area contributed by atoms with E-state index in [-0.39, 0.29) is 0 Å². The molecule has 0 radical (unpaired) electrons. The van der Waals surface area contributed by atoms with Crippen LogP contribution in [-0.4, -0.2) is 39.2 Å². The predicted octanol–water partition coefficient (Wildman–Crippen LogP) is 5.41. The van der Waals surface area contributed by atoms with Gasteiger partial charge in [0.15, 0.2) is 0 Å². The molecule has 0 bridgehead atoms. The molecule has 2 aromatic rings. The summed E-state index contributed by atoms with van der Waals surface area (Å²) >= 11 is 5.72. The first-order chi connectivity index (χ1) is 13.3. The molecule has 28 heavy (non-hydrogen) atoms. The number of rotatable bonds is 9. The molecular formula is C22H29ClN2O2S. The number of allylic oxidation sites excluding steroid dienone is 3. The van der Waals surface area contributed by atoms with Crippen molar-refractivity contribution in [2.75, 3.05) is 31.8 Å². The fourth-order valence-electron chi connectivity index (χ4n) is 2.94. The summed E-state index contributed by atoms with van der Waals surface area (Å²) in [6.07, 6.45) is 6.25. The van der Waals surface area contributed by atoms with Gasteiger partial charge < -0.3 is 5.32 Å². The Morgan fingerprint density at radius 2 is 1.71 bits per heavy atom. The van der Waals surface area contributed by atoms with Gasteiger partial charge in [0, 0.05) is 43.0 Å². The van der Waals surface area contributed by atoms with Gasteiger partial charge in [0.25, 0.3) is 0 Å². The molecule has 0 heterocycles. The van der Waals surface area contributed by atoms with Crippen LogP contribution in [0.1, 0.15) is 26.7 Å². The van der Waals surface area contributed by atoms with Gasteiger partial charge in [-0.05, 0) is 38.8 Å². The number of anilines is 1. The van der Waals surface area contributed by atoms with Crippen LogP contribution in [0, 0.1) is 0 Å². The summed E-state index contributed by atoms with van der Waals surface area (Å²) in [6, 6.07) is 11.1. The normalized spacial score (nSPS) is 13.4. The molecule has 4 nitrogen and oxygen atoms in total. The highest BCUT2D eigenvalue weighted by molar-refractivity contribution is 7.89. The van der Waals surface area contributed by atoms with Crippen LogP contribution >= 0.6 is 11.6 Å². The first-order valence-corrected chi connectivity index (χ1v) is 11.3. The maximum atomic E-state index is 12.6. The Bertz CT molecular complexity index is 979. The molecule has 1 N–H and O–H groups in total. The standard InChI is InChI=1S/C22H29ClN2O2S/c1-17(14-15-23)8-5-9-18(2)16-24-21-12-6-11-20-19(21)10-7-13-22(20)28(26,27)25(3)4/h6-7,9-14,24H,5,8,15-16H2,1-4H3/b17-14+,18-9+. The topological polar surface area (TPSA) is 49.4 Å². The van der Waals surface area contributed by atoms with Gasteiger partial charge in [0.2, 0.25) is 10.0 Å². The van der Waals surface area contributed by atoms with Crippen LogP contribution in [0.2, 0.25) is 0 Å². The molecule has 0 aliphatic heterocycles. The molecule has 0 aliphatic carbocycles. The first-order valence-electron chi connectivity index (χ1n) is 9.32. The van der Waals surface area contributed by atoms with E-state index in [1.54, 1.807) is 26.2 Å². The van der Waals surface area contributed by atoms with Crippen molar-refractivity contribution in [3.63, 3.8) is 0 Å². The number of halogens is 1. The van der Waals surface area contributed by atoms with Crippen LogP contribution in [0.15, 0.2) is 64.6 Å². The van der Waals surface area contributed by atoms with Gasteiger partial charge >= 0.3 is 0 Å². The Morgan fingerprint density at radius 1 is 1.04 bits per heavy atom. The number of alkyl halides is 1. The van der Waals surface area contributed by atoms with Crippen LogP contribution < -0.4 is 5.32 Å². The Labute approximate surface area is 173 Å². The summed E-state index contributed by atoms with van der Waals surface area (Å²) in [5.74, 6) is 0.558.